The largest absolute Gasteiger partial charge is 0.0886 e. The van der Waals surface area contributed by atoms with Crippen LogP contribution in [-0.4, -0.2) is 7.85 Å². The third-order valence-corrected chi connectivity index (χ3v) is 4.56. The predicted octanol–water partition coefficient (Wildman–Crippen LogP) is 5.39. The molecular weight excluding hydrogens is 275 g/mol. The molecule has 0 heterocycles. The Morgan fingerprint density at radius 2 is 0.913 bits per heavy atom. The zero-order valence-corrected chi connectivity index (χ0v) is 13.4. The molecule has 0 aromatic heterocycles. The fraction of sp³-hybridized carbons (Fsp3) is 0.182. The van der Waals surface area contributed by atoms with Crippen LogP contribution in [0.15, 0.2) is 91.0 Å². The first-order valence-electron chi connectivity index (χ1n) is 8.24. The van der Waals surface area contributed by atoms with Crippen molar-refractivity contribution < 1.29 is 0 Å². The topological polar surface area (TPSA) is 0 Å². The van der Waals surface area contributed by atoms with Crippen LogP contribution in [0, 0.1) is 0 Å². The molecule has 0 unspecified atom stereocenters. The maximum Gasteiger partial charge on any atom is 0.0653 e. The van der Waals surface area contributed by atoms with Crippen LogP contribution in [0.2, 0.25) is 6.32 Å². The number of hydrogen-bond acceptors (Lipinski definition) is 0. The lowest BCUT2D eigenvalue weighted by Crippen LogP contribution is -2.29. The third-order valence-electron chi connectivity index (χ3n) is 4.56. The molecule has 3 rings (SSSR count). The Balaban J connectivity index is 2.25. The van der Waals surface area contributed by atoms with Crippen molar-refractivity contribution in [3.8, 4) is 0 Å². The van der Waals surface area contributed by atoms with E-state index < -0.39 is 0 Å². The Labute approximate surface area is 140 Å². The summed E-state index contributed by atoms with van der Waals surface area (Å²) in [6, 6.07) is 32.4. The molecule has 112 valence electrons. The maximum atomic E-state index is 5.87. The third kappa shape index (κ3) is 3.10. The van der Waals surface area contributed by atoms with E-state index in [0.29, 0.717) is 6.32 Å². The number of benzene rings is 3. The Hall–Kier alpha value is -2.28. The molecule has 0 fully saturated rings. The van der Waals surface area contributed by atoms with Crippen molar-refractivity contribution in [2.45, 2.75) is 24.6 Å². The Morgan fingerprint density at radius 3 is 1.22 bits per heavy atom. The van der Waals surface area contributed by atoms with Crippen LogP contribution in [0.5, 0.6) is 0 Å². The van der Waals surface area contributed by atoms with Crippen LogP contribution in [0.4, 0.5) is 0 Å². The van der Waals surface area contributed by atoms with E-state index in [1.165, 1.54) is 16.7 Å². The summed E-state index contributed by atoms with van der Waals surface area (Å²) in [5, 5.41) is 0. The highest BCUT2D eigenvalue weighted by atomic mass is 14.4. The Kier molecular flexibility index (Phi) is 4.97. The van der Waals surface area contributed by atoms with Crippen LogP contribution in [0.1, 0.15) is 29.5 Å². The molecule has 3 aromatic rings. The Bertz CT molecular complexity index is 608. The maximum absolute atomic E-state index is 5.87. The summed E-state index contributed by atoms with van der Waals surface area (Å²) in [6.07, 6.45) is 2.69. The molecule has 0 amide bonds. The summed E-state index contributed by atoms with van der Waals surface area (Å²) < 4.78 is 0. The van der Waals surface area contributed by atoms with Gasteiger partial charge in [0.1, 0.15) is 0 Å². The van der Waals surface area contributed by atoms with Gasteiger partial charge in [-0.1, -0.05) is 104 Å². The molecule has 0 saturated heterocycles. The van der Waals surface area contributed by atoms with Crippen molar-refractivity contribution in [1.29, 1.82) is 0 Å². The van der Waals surface area contributed by atoms with Gasteiger partial charge < -0.3 is 0 Å². The van der Waals surface area contributed by atoms with Gasteiger partial charge in [0.05, 0.1) is 7.85 Å². The van der Waals surface area contributed by atoms with Gasteiger partial charge in [0, 0.05) is 5.41 Å². The predicted molar refractivity (Wildman–Crippen MR) is 99.0 cm³/mol. The van der Waals surface area contributed by atoms with E-state index in [9.17, 15) is 0 Å². The lowest BCUT2D eigenvalue weighted by atomic mass is 9.66. The average molecular weight is 296 g/mol. The second kappa shape index (κ2) is 7.33. The van der Waals surface area contributed by atoms with Crippen molar-refractivity contribution in [2.75, 3.05) is 0 Å². The normalized spacial score (nSPS) is 11.3. The summed E-state index contributed by atoms with van der Waals surface area (Å²) in [5.41, 5.74) is 3.82. The van der Waals surface area contributed by atoms with Gasteiger partial charge in [-0.15, -0.1) is 0 Å². The van der Waals surface area contributed by atoms with Gasteiger partial charge in [-0.05, 0) is 23.1 Å². The molecule has 0 aliphatic rings. The van der Waals surface area contributed by atoms with Gasteiger partial charge in [-0.25, -0.2) is 0 Å². The molecule has 23 heavy (non-hydrogen) atoms. The van der Waals surface area contributed by atoms with Gasteiger partial charge in [0.25, 0.3) is 0 Å². The van der Waals surface area contributed by atoms with E-state index >= 15 is 0 Å². The molecule has 0 atom stereocenters. The molecule has 1 heteroatoms. The van der Waals surface area contributed by atoms with Crippen molar-refractivity contribution in [3.63, 3.8) is 0 Å². The molecule has 0 N–H and O–H groups in total. The number of rotatable bonds is 6. The standard InChI is InChI=1S/C22H21B/c23-18-10-17-22(19-11-4-1-5-12-19,20-13-6-2-7-14-20)21-15-8-3-9-16-21/h1-9,11-16H,10,17-18H2. The highest BCUT2D eigenvalue weighted by molar-refractivity contribution is 6.08. The van der Waals surface area contributed by atoms with E-state index in [4.69, 9.17) is 7.85 Å². The van der Waals surface area contributed by atoms with Crippen LogP contribution >= 0.6 is 0 Å². The smallest absolute Gasteiger partial charge is 0.0653 e. The highest BCUT2D eigenvalue weighted by Gasteiger charge is 2.35. The lowest BCUT2D eigenvalue weighted by Gasteiger charge is -2.36. The fourth-order valence-electron chi connectivity index (χ4n) is 3.47. The molecular formula is C22H21B. The van der Waals surface area contributed by atoms with Gasteiger partial charge in [0.2, 0.25) is 0 Å². The van der Waals surface area contributed by atoms with E-state index in [-0.39, 0.29) is 5.41 Å². The molecule has 0 nitrogen and oxygen atoms in total. The summed E-state index contributed by atoms with van der Waals surface area (Å²) >= 11 is 0. The van der Waals surface area contributed by atoms with Crippen LogP contribution in [0.25, 0.3) is 0 Å². The molecule has 0 aliphatic heterocycles. The quantitative estimate of drug-likeness (QED) is 0.423. The first kappa shape index (κ1) is 15.6. The van der Waals surface area contributed by atoms with Crippen molar-refractivity contribution >= 4 is 7.85 Å². The summed E-state index contributed by atoms with van der Waals surface area (Å²) in [7, 11) is 5.87. The van der Waals surface area contributed by atoms with Crippen molar-refractivity contribution in [2.24, 2.45) is 0 Å². The minimum absolute atomic E-state index is 0.150. The van der Waals surface area contributed by atoms with E-state index in [1.54, 1.807) is 0 Å². The van der Waals surface area contributed by atoms with Crippen LogP contribution < -0.4 is 0 Å². The fourth-order valence-corrected chi connectivity index (χ4v) is 3.47. The molecule has 3 aromatic carbocycles. The Morgan fingerprint density at radius 1 is 0.565 bits per heavy atom. The van der Waals surface area contributed by atoms with Gasteiger partial charge in [0.15, 0.2) is 0 Å². The van der Waals surface area contributed by atoms with Gasteiger partial charge >= 0.3 is 0 Å². The second-order valence-corrected chi connectivity index (χ2v) is 5.90. The first-order valence-corrected chi connectivity index (χ1v) is 8.24. The molecule has 0 saturated carbocycles. The van der Waals surface area contributed by atoms with E-state index in [1.807, 2.05) is 0 Å². The summed E-state index contributed by atoms with van der Waals surface area (Å²) in [4.78, 5) is 0. The van der Waals surface area contributed by atoms with E-state index in [0.717, 1.165) is 12.8 Å². The molecule has 0 spiro atoms. The zero-order valence-electron chi connectivity index (χ0n) is 13.4. The molecule has 0 aliphatic carbocycles. The molecule has 0 bridgehead atoms. The van der Waals surface area contributed by atoms with Crippen molar-refractivity contribution in [1.82, 2.24) is 0 Å². The summed E-state index contributed by atoms with van der Waals surface area (Å²) in [6.45, 7) is 0. The minimum Gasteiger partial charge on any atom is -0.0886 e. The lowest BCUT2D eigenvalue weighted by molar-refractivity contribution is 0.550. The van der Waals surface area contributed by atoms with Gasteiger partial charge in [-0.3, -0.25) is 0 Å². The SMILES string of the molecule is [B]CCCC(c1ccccc1)(c1ccccc1)c1ccccc1. The summed E-state index contributed by atoms with van der Waals surface area (Å²) in [5.74, 6) is 0. The molecule has 2 radical (unpaired) electrons. The average Bonchev–Trinajstić information content (AvgIpc) is 2.65. The highest BCUT2D eigenvalue weighted by Crippen LogP contribution is 2.43. The second-order valence-electron chi connectivity index (χ2n) is 5.90. The monoisotopic (exact) mass is 296 g/mol. The minimum atomic E-state index is -0.150. The first-order chi connectivity index (χ1) is 11.4. The zero-order chi connectivity index (χ0) is 16.0. The van der Waals surface area contributed by atoms with E-state index in [2.05, 4.69) is 91.0 Å². The van der Waals surface area contributed by atoms with Crippen molar-refractivity contribution in [3.05, 3.63) is 108 Å². The van der Waals surface area contributed by atoms with Crippen LogP contribution in [-0.2, 0) is 5.41 Å². The van der Waals surface area contributed by atoms with Gasteiger partial charge in [-0.2, -0.15) is 0 Å². The number of hydrogen-bond donors (Lipinski definition) is 0. The van der Waals surface area contributed by atoms with Crippen LogP contribution in [0.3, 0.4) is 0 Å².